The van der Waals surface area contributed by atoms with Crippen LogP contribution < -0.4 is 5.32 Å². The summed E-state index contributed by atoms with van der Waals surface area (Å²) in [5.74, 6) is 0. The summed E-state index contributed by atoms with van der Waals surface area (Å²) in [5, 5.41) is 5.07. The van der Waals surface area contributed by atoms with Crippen molar-refractivity contribution in [1.29, 1.82) is 0 Å². The number of aryl methyl sites for hydroxylation is 2. The van der Waals surface area contributed by atoms with Gasteiger partial charge in [0.25, 0.3) is 0 Å². The van der Waals surface area contributed by atoms with Gasteiger partial charge in [-0.15, -0.1) is 0 Å². The number of nitrogens with one attached hydrogen (secondary N) is 1. The molecule has 0 amide bonds. The first kappa shape index (κ1) is 13.4. The van der Waals surface area contributed by atoms with Gasteiger partial charge in [-0.1, -0.05) is 29.0 Å². The van der Waals surface area contributed by atoms with Crippen molar-refractivity contribution in [1.82, 2.24) is 14.5 Å². The maximum atomic E-state index is 6.20. The molecule has 0 saturated heterocycles. The van der Waals surface area contributed by atoms with E-state index in [-0.39, 0.29) is 0 Å². The van der Waals surface area contributed by atoms with Crippen LogP contribution in [0.5, 0.6) is 0 Å². The van der Waals surface area contributed by atoms with Crippen molar-refractivity contribution in [2.24, 2.45) is 0 Å². The van der Waals surface area contributed by atoms with Gasteiger partial charge in [-0.05, 0) is 25.0 Å². The zero-order chi connectivity index (χ0) is 13.9. The first-order chi connectivity index (χ1) is 9.74. The fourth-order valence-corrected chi connectivity index (χ4v) is 3.30. The molecule has 0 saturated carbocycles. The number of anilines is 1. The summed E-state index contributed by atoms with van der Waals surface area (Å²) in [6.45, 7) is 3.90. The Morgan fingerprint density at radius 2 is 2.30 bits per heavy atom. The minimum atomic E-state index is 0.773. The number of rotatable bonds is 5. The lowest BCUT2D eigenvalue weighted by Gasteiger charge is -2.03. The van der Waals surface area contributed by atoms with Gasteiger partial charge in [-0.2, -0.15) is 0 Å². The van der Waals surface area contributed by atoms with Crippen molar-refractivity contribution in [3.63, 3.8) is 0 Å². The van der Waals surface area contributed by atoms with E-state index < -0.39 is 0 Å². The molecule has 1 N–H and O–H groups in total. The zero-order valence-corrected chi connectivity index (χ0v) is 12.7. The molecule has 0 radical (unpaired) electrons. The van der Waals surface area contributed by atoms with Crippen LogP contribution in [0.4, 0.5) is 5.13 Å². The van der Waals surface area contributed by atoms with Gasteiger partial charge in [0.05, 0.1) is 21.6 Å². The van der Waals surface area contributed by atoms with Gasteiger partial charge >= 0.3 is 0 Å². The lowest BCUT2D eigenvalue weighted by molar-refractivity contribution is 0.660. The van der Waals surface area contributed by atoms with E-state index in [1.54, 1.807) is 17.5 Å². The van der Waals surface area contributed by atoms with Crippen LogP contribution in [0.1, 0.15) is 12.0 Å². The van der Waals surface area contributed by atoms with Crippen molar-refractivity contribution in [2.45, 2.75) is 19.9 Å². The predicted molar refractivity (Wildman–Crippen MR) is 84.7 cm³/mol. The van der Waals surface area contributed by atoms with E-state index in [0.717, 1.165) is 45.4 Å². The molecule has 0 aliphatic rings. The molecule has 0 bridgehead atoms. The lowest BCUT2D eigenvalue weighted by Crippen LogP contribution is -2.05. The highest BCUT2D eigenvalue weighted by Crippen LogP contribution is 2.33. The maximum Gasteiger partial charge on any atom is 0.183 e. The van der Waals surface area contributed by atoms with Crippen LogP contribution in [0.3, 0.4) is 0 Å². The fraction of sp³-hybridized carbons (Fsp3) is 0.286. The lowest BCUT2D eigenvalue weighted by atomic mass is 10.2. The molecule has 0 aliphatic heterocycles. The first-order valence-electron chi connectivity index (χ1n) is 6.49. The van der Waals surface area contributed by atoms with Crippen LogP contribution in [0.2, 0.25) is 5.02 Å². The molecule has 20 heavy (non-hydrogen) atoms. The number of hydrogen-bond acceptors (Lipinski definition) is 4. The molecule has 3 aromatic rings. The summed E-state index contributed by atoms with van der Waals surface area (Å²) < 4.78 is 3.13. The van der Waals surface area contributed by atoms with Crippen molar-refractivity contribution in [2.75, 3.05) is 11.9 Å². The van der Waals surface area contributed by atoms with Crippen molar-refractivity contribution in [3.05, 3.63) is 41.4 Å². The van der Waals surface area contributed by atoms with Gasteiger partial charge in [0.1, 0.15) is 0 Å². The molecule has 0 atom stereocenters. The molecule has 0 unspecified atom stereocenters. The van der Waals surface area contributed by atoms with E-state index in [2.05, 4.69) is 26.8 Å². The second kappa shape index (κ2) is 5.81. The summed E-state index contributed by atoms with van der Waals surface area (Å²) in [6, 6.07) is 3.94. The average Bonchev–Trinajstić information content (AvgIpc) is 3.08. The van der Waals surface area contributed by atoms with E-state index in [1.807, 2.05) is 24.7 Å². The molecular weight excluding hydrogens is 292 g/mol. The highest BCUT2D eigenvalue weighted by atomic mass is 35.5. The van der Waals surface area contributed by atoms with Crippen molar-refractivity contribution < 1.29 is 0 Å². The monoisotopic (exact) mass is 306 g/mol. The number of hydrogen-bond donors (Lipinski definition) is 1. The SMILES string of the molecule is Cc1ccc(Cl)c2sc(NCCCn3ccnc3)nc12. The number of imidazole rings is 1. The predicted octanol–water partition coefficient (Wildman–Crippen LogP) is 3.96. The molecule has 0 aliphatic carbocycles. The number of halogens is 1. The molecule has 104 valence electrons. The Morgan fingerprint density at radius 3 is 3.05 bits per heavy atom. The van der Waals surface area contributed by atoms with Crippen LogP contribution in [-0.2, 0) is 6.54 Å². The molecule has 2 aromatic heterocycles. The largest absolute Gasteiger partial charge is 0.361 e. The highest BCUT2D eigenvalue weighted by Gasteiger charge is 2.08. The normalized spacial score (nSPS) is 11.1. The van der Waals surface area contributed by atoms with Gasteiger partial charge in [0.15, 0.2) is 5.13 Å². The Balaban J connectivity index is 1.63. The van der Waals surface area contributed by atoms with Gasteiger partial charge in [0.2, 0.25) is 0 Å². The second-order valence-corrected chi connectivity index (χ2v) is 6.05. The molecule has 1 aromatic carbocycles. The minimum Gasteiger partial charge on any atom is -0.361 e. The van der Waals surface area contributed by atoms with Crippen LogP contribution >= 0.6 is 22.9 Å². The zero-order valence-electron chi connectivity index (χ0n) is 11.1. The Kier molecular flexibility index (Phi) is 3.89. The van der Waals surface area contributed by atoms with Crippen LogP contribution in [0, 0.1) is 6.92 Å². The molecule has 0 fully saturated rings. The number of nitrogens with zero attached hydrogens (tertiary/aromatic N) is 3. The first-order valence-corrected chi connectivity index (χ1v) is 7.69. The Morgan fingerprint density at radius 1 is 1.40 bits per heavy atom. The number of benzene rings is 1. The highest BCUT2D eigenvalue weighted by molar-refractivity contribution is 7.22. The third-order valence-electron chi connectivity index (χ3n) is 3.13. The quantitative estimate of drug-likeness (QED) is 0.726. The van der Waals surface area contributed by atoms with E-state index in [4.69, 9.17) is 11.6 Å². The topological polar surface area (TPSA) is 42.7 Å². The molecule has 3 rings (SSSR count). The Labute approximate surface area is 126 Å². The summed E-state index contributed by atoms with van der Waals surface area (Å²) in [5.41, 5.74) is 2.16. The summed E-state index contributed by atoms with van der Waals surface area (Å²) >= 11 is 7.82. The average molecular weight is 307 g/mol. The summed E-state index contributed by atoms with van der Waals surface area (Å²) in [4.78, 5) is 8.64. The third-order valence-corrected chi connectivity index (χ3v) is 4.60. The number of thiazole rings is 1. The van der Waals surface area contributed by atoms with Gasteiger partial charge in [0, 0.05) is 25.5 Å². The second-order valence-electron chi connectivity index (χ2n) is 4.64. The van der Waals surface area contributed by atoms with Crippen molar-refractivity contribution in [3.8, 4) is 0 Å². The molecule has 4 nitrogen and oxygen atoms in total. The van der Waals surface area contributed by atoms with E-state index in [9.17, 15) is 0 Å². The minimum absolute atomic E-state index is 0.773. The van der Waals surface area contributed by atoms with Crippen LogP contribution in [0.15, 0.2) is 30.9 Å². The van der Waals surface area contributed by atoms with Crippen molar-refractivity contribution >= 4 is 38.3 Å². The third kappa shape index (κ3) is 2.78. The smallest absolute Gasteiger partial charge is 0.183 e. The van der Waals surface area contributed by atoms with Gasteiger partial charge < -0.3 is 9.88 Å². The summed E-state index contributed by atoms with van der Waals surface area (Å²) in [6.07, 6.45) is 6.63. The van der Waals surface area contributed by atoms with E-state index in [0.29, 0.717) is 0 Å². The van der Waals surface area contributed by atoms with E-state index in [1.165, 1.54) is 0 Å². The maximum absolute atomic E-state index is 6.20. The Hall–Kier alpha value is -1.59. The van der Waals surface area contributed by atoms with E-state index >= 15 is 0 Å². The fourth-order valence-electron chi connectivity index (χ4n) is 2.05. The standard InChI is InChI=1S/C14H15ClN4S/c1-10-3-4-11(15)13-12(10)18-14(20-13)17-5-2-7-19-8-6-16-9-19/h3-4,6,8-9H,2,5,7H2,1H3,(H,17,18). The summed E-state index contributed by atoms with van der Waals surface area (Å²) in [7, 11) is 0. The van der Waals surface area contributed by atoms with Crippen LogP contribution in [-0.4, -0.2) is 21.1 Å². The Bertz CT molecular complexity index is 666. The molecular formula is C14H15ClN4S. The molecule has 2 heterocycles. The van der Waals surface area contributed by atoms with Gasteiger partial charge in [-0.25, -0.2) is 9.97 Å². The number of fused-ring (bicyclic) bond motifs is 1. The van der Waals surface area contributed by atoms with Gasteiger partial charge in [-0.3, -0.25) is 0 Å². The van der Waals surface area contributed by atoms with Crippen LogP contribution in [0.25, 0.3) is 10.2 Å². The molecule has 6 heteroatoms. The number of aromatic nitrogens is 3. The molecule has 0 spiro atoms.